The van der Waals surface area contributed by atoms with Crippen LogP contribution in [-0.4, -0.2) is 45.4 Å². The minimum Gasteiger partial charge on any atom is -0.334 e. The van der Waals surface area contributed by atoms with Crippen LogP contribution in [0.5, 0.6) is 0 Å². The molecule has 0 aromatic carbocycles. The Morgan fingerprint density at radius 1 is 1.31 bits per heavy atom. The molecular weight excluding hydrogens is 185 g/mol. The van der Waals surface area contributed by atoms with Gasteiger partial charge in [-0.2, -0.15) is 0 Å². The van der Waals surface area contributed by atoms with Crippen LogP contribution in [0.4, 0.5) is 0 Å². The SMILES string of the molecule is C=CCCOP(C)OCCN(C)C. The molecule has 0 aromatic heterocycles. The van der Waals surface area contributed by atoms with Crippen molar-refractivity contribution >= 4 is 8.38 Å². The van der Waals surface area contributed by atoms with E-state index in [2.05, 4.69) is 11.5 Å². The van der Waals surface area contributed by atoms with Gasteiger partial charge in [0.15, 0.2) is 8.38 Å². The van der Waals surface area contributed by atoms with Crippen molar-refractivity contribution in [3.05, 3.63) is 12.7 Å². The standard InChI is InChI=1S/C9H20NO2P/c1-5-6-8-11-13(4)12-9-7-10(2)3/h5H,1,6-9H2,2-4H3. The molecule has 0 saturated heterocycles. The Balaban J connectivity index is 3.19. The van der Waals surface area contributed by atoms with Gasteiger partial charge in [0.25, 0.3) is 0 Å². The van der Waals surface area contributed by atoms with Gasteiger partial charge < -0.3 is 13.9 Å². The Morgan fingerprint density at radius 3 is 2.46 bits per heavy atom. The molecule has 0 aliphatic heterocycles. The molecule has 0 amide bonds. The molecule has 0 aliphatic rings. The molecule has 1 unspecified atom stereocenters. The Kier molecular flexibility index (Phi) is 8.67. The Morgan fingerprint density at radius 2 is 1.92 bits per heavy atom. The lowest BCUT2D eigenvalue weighted by molar-refractivity contribution is 0.231. The Hall–Kier alpha value is 0.0500. The molecule has 0 N–H and O–H groups in total. The summed E-state index contributed by atoms with van der Waals surface area (Å²) < 4.78 is 10.9. The molecule has 0 rings (SSSR count). The van der Waals surface area contributed by atoms with Crippen molar-refractivity contribution in [2.24, 2.45) is 0 Å². The normalized spacial score (nSPS) is 13.2. The monoisotopic (exact) mass is 205 g/mol. The Bertz CT molecular complexity index is 131. The molecule has 0 radical (unpaired) electrons. The number of rotatable bonds is 8. The molecule has 0 aromatic rings. The van der Waals surface area contributed by atoms with E-state index in [0.29, 0.717) is 6.61 Å². The van der Waals surface area contributed by atoms with Crippen molar-refractivity contribution in [3.8, 4) is 0 Å². The average molecular weight is 205 g/mol. The van der Waals surface area contributed by atoms with E-state index in [1.165, 1.54) is 0 Å². The second kappa shape index (κ2) is 8.64. The fourth-order valence-corrected chi connectivity index (χ4v) is 1.43. The van der Waals surface area contributed by atoms with Gasteiger partial charge in [-0.05, 0) is 20.5 Å². The minimum atomic E-state index is -0.697. The van der Waals surface area contributed by atoms with Crippen LogP contribution >= 0.6 is 8.38 Å². The van der Waals surface area contributed by atoms with E-state index in [1.807, 2.05) is 26.8 Å². The minimum absolute atomic E-state index is 0.697. The van der Waals surface area contributed by atoms with Crippen molar-refractivity contribution in [2.45, 2.75) is 6.42 Å². The zero-order valence-electron chi connectivity index (χ0n) is 8.82. The summed E-state index contributed by atoms with van der Waals surface area (Å²) in [6, 6.07) is 0. The second-order valence-electron chi connectivity index (χ2n) is 2.99. The van der Waals surface area contributed by atoms with E-state index < -0.39 is 8.38 Å². The van der Waals surface area contributed by atoms with Crippen LogP contribution < -0.4 is 0 Å². The van der Waals surface area contributed by atoms with Gasteiger partial charge in [-0.25, -0.2) is 0 Å². The van der Waals surface area contributed by atoms with Gasteiger partial charge in [0.05, 0.1) is 13.2 Å². The molecule has 1 atom stereocenters. The summed E-state index contributed by atoms with van der Waals surface area (Å²) in [6.07, 6.45) is 2.74. The van der Waals surface area contributed by atoms with Crippen LogP contribution in [0.25, 0.3) is 0 Å². The second-order valence-corrected chi connectivity index (χ2v) is 4.38. The van der Waals surface area contributed by atoms with Gasteiger partial charge in [0.1, 0.15) is 0 Å². The summed E-state index contributed by atoms with van der Waals surface area (Å²) >= 11 is 0. The van der Waals surface area contributed by atoms with E-state index in [4.69, 9.17) is 9.05 Å². The zero-order valence-corrected chi connectivity index (χ0v) is 9.72. The third-order valence-electron chi connectivity index (χ3n) is 1.41. The molecular formula is C9H20NO2P. The van der Waals surface area contributed by atoms with Gasteiger partial charge in [-0.15, -0.1) is 6.58 Å². The lowest BCUT2D eigenvalue weighted by atomic mass is 10.5. The summed E-state index contributed by atoms with van der Waals surface area (Å²) in [6.45, 7) is 8.00. The molecule has 4 heteroatoms. The van der Waals surface area contributed by atoms with Crippen molar-refractivity contribution in [1.29, 1.82) is 0 Å². The van der Waals surface area contributed by atoms with E-state index in [1.54, 1.807) is 0 Å². The van der Waals surface area contributed by atoms with Crippen molar-refractivity contribution in [1.82, 2.24) is 4.90 Å². The van der Waals surface area contributed by atoms with Crippen LogP contribution in [0, 0.1) is 0 Å². The van der Waals surface area contributed by atoms with Gasteiger partial charge in [0, 0.05) is 13.2 Å². The van der Waals surface area contributed by atoms with Crippen LogP contribution in [0.1, 0.15) is 6.42 Å². The van der Waals surface area contributed by atoms with E-state index in [9.17, 15) is 0 Å². The smallest absolute Gasteiger partial charge is 0.167 e. The summed E-state index contributed by atoms with van der Waals surface area (Å²) in [4.78, 5) is 2.09. The summed E-state index contributed by atoms with van der Waals surface area (Å²) in [7, 11) is 3.36. The van der Waals surface area contributed by atoms with Crippen LogP contribution in [-0.2, 0) is 9.05 Å². The van der Waals surface area contributed by atoms with Gasteiger partial charge >= 0.3 is 0 Å². The van der Waals surface area contributed by atoms with Crippen molar-refractivity contribution in [2.75, 3.05) is 40.5 Å². The maximum Gasteiger partial charge on any atom is 0.167 e. The highest BCUT2D eigenvalue weighted by Gasteiger charge is 2.01. The van der Waals surface area contributed by atoms with E-state index >= 15 is 0 Å². The lowest BCUT2D eigenvalue weighted by Gasteiger charge is -2.14. The zero-order chi connectivity index (χ0) is 10.1. The topological polar surface area (TPSA) is 21.7 Å². The molecule has 0 fully saturated rings. The number of nitrogens with zero attached hydrogens (tertiary/aromatic N) is 1. The average Bonchev–Trinajstić information content (AvgIpc) is 2.04. The molecule has 0 saturated carbocycles. The molecule has 3 nitrogen and oxygen atoms in total. The fourth-order valence-electron chi connectivity index (χ4n) is 0.654. The van der Waals surface area contributed by atoms with Gasteiger partial charge in [-0.3, -0.25) is 0 Å². The van der Waals surface area contributed by atoms with E-state index in [-0.39, 0.29) is 0 Å². The molecule has 78 valence electrons. The highest BCUT2D eigenvalue weighted by molar-refractivity contribution is 7.46. The van der Waals surface area contributed by atoms with Gasteiger partial charge in [-0.1, -0.05) is 6.08 Å². The third kappa shape index (κ3) is 9.97. The van der Waals surface area contributed by atoms with Crippen LogP contribution in [0.2, 0.25) is 0 Å². The van der Waals surface area contributed by atoms with Crippen LogP contribution in [0.15, 0.2) is 12.7 Å². The number of hydrogen-bond acceptors (Lipinski definition) is 3. The predicted octanol–water partition coefficient (Wildman–Crippen LogP) is 2.10. The quantitative estimate of drug-likeness (QED) is 0.344. The first kappa shape index (κ1) is 13.1. The Labute approximate surface area is 82.6 Å². The first-order chi connectivity index (χ1) is 6.16. The molecule has 13 heavy (non-hydrogen) atoms. The van der Waals surface area contributed by atoms with Crippen LogP contribution in [0.3, 0.4) is 0 Å². The molecule has 0 heterocycles. The third-order valence-corrected chi connectivity index (χ3v) is 2.50. The number of likely N-dealkylation sites (N-methyl/N-ethyl adjacent to an activating group) is 1. The summed E-state index contributed by atoms with van der Waals surface area (Å²) in [5.41, 5.74) is 0. The van der Waals surface area contributed by atoms with Crippen molar-refractivity contribution < 1.29 is 9.05 Å². The molecule has 0 bridgehead atoms. The lowest BCUT2D eigenvalue weighted by Crippen LogP contribution is -2.17. The van der Waals surface area contributed by atoms with Crippen molar-refractivity contribution in [3.63, 3.8) is 0 Å². The maximum absolute atomic E-state index is 5.47. The largest absolute Gasteiger partial charge is 0.334 e. The first-order valence-corrected chi connectivity index (χ1v) is 6.04. The summed E-state index contributed by atoms with van der Waals surface area (Å²) in [5, 5.41) is 0. The first-order valence-electron chi connectivity index (χ1n) is 4.42. The highest BCUT2D eigenvalue weighted by atomic mass is 31.2. The molecule has 0 aliphatic carbocycles. The van der Waals surface area contributed by atoms with Gasteiger partial charge in [0.2, 0.25) is 0 Å². The summed E-state index contributed by atoms with van der Waals surface area (Å²) in [5.74, 6) is 0. The maximum atomic E-state index is 5.47. The predicted molar refractivity (Wildman–Crippen MR) is 58.1 cm³/mol. The highest BCUT2D eigenvalue weighted by Crippen LogP contribution is 2.32. The van der Waals surface area contributed by atoms with E-state index in [0.717, 1.165) is 19.6 Å². The fraction of sp³-hybridized carbons (Fsp3) is 0.778. The number of hydrogen-bond donors (Lipinski definition) is 0. The molecule has 0 spiro atoms.